The van der Waals surface area contributed by atoms with Gasteiger partial charge in [-0.15, -0.1) is 0 Å². The van der Waals surface area contributed by atoms with E-state index in [0.717, 1.165) is 5.92 Å². The molecule has 0 spiro atoms. The van der Waals surface area contributed by atoms with E-state index in [4.69, 9.17) is 0 Å². The van der Waals surface area contributed by atoms with E-state index in [2.05, 4.69) is 33.8 Å². The van der Waals surface area contributed by atoms with Gasteiger partial charge in [0.2, 0.25) is 0 Å². The van der Waals surface area contributed by atoms with E-state index < -0.39 is 0 Å². The average molecular weight is 311 g/mol. The van der Waals surface area contributed by atoms with Gasteiger partial charge in [-0.2, -0.15) is 0 Å². The van der Waals surface area contributed by atoms with Crippen molar-refractivity contribution in [3.8, 4) is 0 Å². The molecule has 1 aliphatic carbocycles. The summed E-state index contributed by atoms with van der Waals surface area (Å²) in [5.74, 6) is 1.43. The third kappa shape index (κ3) is 3.83. The summed E-state index contributed by atoms with van der Waals surface area (Å²) in [7, 11) is 0. The third-order valence-corrected chi connectivity index (χ3v) is 3.53. The molecule has 1 aliphatic rings. The van der Waals surface area contributed by atoms with Gasteiger partial charge in [0.05, 0.1) is 0 Å². The van der Waals surface area contributed by atoms with Crippen molar-refractivity contribution in [1.82, 2.24) is 0 Å². The molecule has 0 aromatic rings. The van der Waals surface area contributed by atoms with Gasteiger partial charge in [0, 0.05) is 0 Å². The normalized spacial score (nSPS) is 15.6. The molecule has 0 unspecified atom stereocenters. The quantitative estimate of drug-likeness (QED) is 0.526. The zero-order valence-corrected chi connectivity index (χ0v) is 13.2. The molecule has 1 rings (SSSR count). The maximum atomic E-state index is 2.42. The molecule has 79 valence electrons. The van der Waals surface area contributed by atoms with Gasteiger partial charge in [-0.3, -0.25) is 0 Å². The Hall–Kier alpha value is 0.943. The molecule has 0 aliphatic heterocycles. The molecule has 0 N–H and O–H groups in total. The third-order valence-electron chi connectivity index (χ3n) is 2.36. The fourth-order valence-electron chi connectivity index (χ4n) is 1.83. The van der Waals surface area contributed by atoms with Gasteiger partial charge in [-0.1, -0.05) is 0 Å². The zero-order valence-electron chi connectivity index (χ0n) is 9.20. The van der Waals surface area contributed by atoms with Gasteiger partial charge in [0.15, 0.2) is 0 Å². The van der Waals surface area contributed by atoms with Gasteiger partial charge in [-0.05, 0) is 0 Å². The van der Waals surface area contributed by atoms with Crippen molar-refractivity contribution in [1.29, 1.82) is 0 Å². The molecule has 3 heteroatoms. The molecule has 0 bridgehead atoms. The van der Waals surface area contributed by atoms with E-state index in [1.54, 1.807) is 39.1 Å². The Morgan fingerprint density at radius 2 is 1.57 bits per heavy atom. The smallest absolute Gasteiger partial charge is 1.00 e. The molecular formula is C11H17Cl2Zr. The van der Waals surface area contributed by atoms with Crippen LogP contribution in [-0.4, -0.2) is 0 Å². The Balaban J connectivity index is 0. The van der Waals surface area contributed by atoms with Crippen LogP contribution in [0.4, 0.5) is 0 Å². The van der Waals surface area contributed by atoms with E-state index in [-0.39, 0.29) is 24.8 Å². The predicted octanol–water partition coefficient (Wildman–Crippen LogP) is -2.56. The van der Waals surface area contributed by atoms with Gasteiger partial charge < -0.3 is 24.8 Å². The van der Waals surface area contributed by atoms with Crippen LogP contribution in [0.5, 0.6) is 0 Å². The Kier molecular flexibility index (Phi) is 8.99. The summed E-state index contributed by atoms with van der Waals surface area (Å²) >= 11 is 1.60. The Bertz CT molecular complexity index is 240. The van der Waals surface area contributed by atoms with E-state index >= 15 is 0 Å². The fourth-order valence-corrected chi connectivity index (χ4v) is 3.15. The maximum absolute atomic E-state index is 2.42. The van der Waals surface area contributed by atoms with Crippen LogP contribution < -0.4 is 24.8 Å². The first-order valence-electron chi connectivity index (χ1n) is 4.69. The van der Waals surface area contributed by atoms with Crippen LogP contribution in [0.3, 0.4) is 0 Å². The van der Waals surface area contributed by atoms with Crippen LogP contribution in [0.15, 0.2) is 20.5 Å². The number of rotatable bonds is 2. The Labute approximate surface area is 115 Å². The van der Waals surface area contributed by atoms with Gasteiger partial charge in [-0.25, -0.2) is 0 Å². The molecular weight excluding hydrogens is 294 g/mol. The average Bonchev–Trinajstić information content (AvgIpc) is 2.30. The standard InChI is InChI=1S/C11H17.2ClH.Zr/c1-8(2)10-6-5-7-11(10)9(3)4;;;/h6,8-9H,5H2,1-4H3;2*1H;/q;;;+2/p-2. The first-order valence-corrected chi connectivity index (χ1v) is 5.92. The van der Waals surface area contributed by atoms with E-state index in [0.29, 0.717) is 5.92 Å². The SMILES string of the molecule is CC(C)C1=CC[C]([Zr+2])=C1C(C)C.[Cl-].[Cl-]. The molecule has 0 fully saturated rings. The first kappa shape index (κ1) is 17.3. The van der Waals surface area contributed by atoms with Crippen molar-refractivity contribution in [3.63, 3.8) is 0 Å². The van der Waals surface area contributed by atoms with Crippen LogP contribution in [0.25, 0.3) is 0 Å². The van der Waals surface area contributed by atoms with Crippen molar-refractivity contribution in [3.05, 3.63) is 20.5 Å². The molecule has 0 nitrogen and oxygen atoms in total. The molecule has 0 heterocycles. The minimum Gasteiger partial charge on any atom is -1.00 e. The summed E-state index contributed by atoms with van der Waals surface area (Å²) in [6.07, 6.45) is 3.64. The molecule has 0 atom stereocenters. The summed E-state index contributed by atoms with van der Waals surface area (Å²) in [4.78, 5) is 0. The Morgan fingerprint density at radius 1 is 1.07 bits per heavy atom. The van der Waals surface area contributed by atoms with Gasteiger partial charge in [0.1, 0.15) is 0 Å². The second-order valence-electron chi connectivity index (χ2n) is 4.07. The maximum Gasteiger partial charge on any atom is -1.00 e. The predicted molar refractivity (Wildman–Crippen MR) is 49.4 cm³/mol. The largest absolute Gasteiger partial charge is 1.00 e. The van der Waals surface area contributed by atoms with Crippen molar-refractivity contribution >= 4 is 0 Å². The minimum absolute atomic E-state index is 0. The van der Waals surface area contributed by atoms with E-state index in [1.165, 1.54) is 6.42 Å². The number of allylic oxidation sites excluding steroid dienone is 4. The monoisotopic (exact) mass is 309 g/mol. The van der Waals surface area contributed by atoms with Crippen LogP contribution in [0, 0.1) is 11.8 Å². The van der Waals surface area contributed by atoms with Crippen molar-refractivity contribution < 1.29 is 49.5 Å². The number of hydrogen-bond donors (Lipinski definition) is 0. The Morgan fingerprint density at radius 3 is 1.86 bits per heavy atom. The second kappa shape index (κ2) is 7.26. The van der Waals surface area contributed by atoms with E-state index in [9.17, 15) is 0 Å². The second-order valence-corrected chi connectivity index (χ2v) is 5.55. The van der Waals surface area contributed by atoms with Crippen LogP contribution in [0.1, 0.15) is 34.1 Å². The van der Waals surface area contributed by atoms with Crippen molar-refractivity contribution in [2.45, 2.75) is 34.1 Å². The minimum atomic E-state index is 0. The fraction of sp³-hybridized carbons (Fsp3) is 0.636. The van der Waals surface area contributed by atoms with Crippen LogP contribution >= 0.6 is 0 Å². The van der Waals surface area contributed by atoms with Gasteiger partial charge in [0.25, 0.3) is 0 Å². The number of hydrogen-bond acceptors (Lipinski definition) is 0. The summed E-state index contributed by atoms with van der Waals surface area (Å²) in [5.41, 5.74) is 3.26. The summed E-state index contributed by atoms with van der Waals surface area (Å²) in [6, 6.07) is 0. The summed E-state index contributed by atoms with van der Waals surface area (Å²) in [5, 5.41) is 0. The number of halogens is 2. The topological polar surface area (TPSA) is 0 Å². The molecule has 0 aromatic carbocycles. The van der Waals surface area contributed by atoms with E-state index in [1.807, 2.05) is 0 Å². The first-order chi connectivity index (χ1) is 5.54. The summed E-state index contributed by atoms with van der Waals surface area (Å²) < 4.78 is 1.67. The summed E-state index contributed by atoms with van der Waals surface area (Å²) in [6.45, 7) is 9.20. The zero-order chi connectivity index (χ0) is 9.30. The van der Waals surface area contributed by atoms with Crippen molar-refractivity contribution in [2.75, 3.05) is 0 Å². The molecule has 0 saturated carbocycles. The molecule has 0 saturated heterocycles. The van der Waals surface area contributed by atoms with Gasteiger partial charge >= 0.3 is 91.2 Å². The van der Waals surface area contributed by atoms with Crippen LogP contribution in [0.2, 0.25) is 0 Å². The molecule has 0 amide bonds. The molecule has 0 aromatic heterocycles. The van der Waals surface area contributed by atoms with Crippen LogP contribution in [-0.2, 0) is 24.7 Å². The molecule has 14 heavy (non-hydrogen) atoms. The molecule has 0 radical (unpaired) electrons. The van der Waals surface area contributed by atoms with Crippen molar-refractivity contribution in [2.24, 2.45) is 11.8 Å².